The molecule has 0 unspecified atom stereocenters. The highest BCUT2D eigenvalue weighted by Crippen LogP contribution is 2.27. The molecule has 0 aliphatic carbocycles. The first kappa shape index (κ1) is 28.7. The largest absolute Gasteiger partial charge is 0.465 e. The SMILES string of the molecule is CCOC(=O)[C@H](CCc1ccccc1)N[C@H]1CCc2ccccc2N(CC(C)=O)C1=O.S.S. The lowest BCUT2D eigenvalue weighted by Crippen LogP contribution is -2.53. The van der Waals surface area contributed by atoms with Gasteiger partial charge in [0.05, 0.1) is 19.2 Å². The van der Waals surface area contributed by atoms with E-state index in [-0.39, 0.29) is 57.8 Å². The Bertz CT molecular complexity index is 924. The third kappa shape index (κ3) is 7.91. The quantitative estimate of drug-likeness (QED) is 0.546. The molecule has 0 saturated carbocycles. The van der Waals surface area contributed by atoms with E-state index in [9.17, 15) is 14.4 Å². The van der Waals surface area contributed by atoms with Crippen LogP contribution in [-0.4, -0.2) is 42.9 Å². The summed E-state index contributed by atoms with van der Waals surface area (Å²) in [5, 5.41) is 3.26. The van der Waals surface area contributed by atoms with Crippen molar-refractivity contribution in [3.8, 4) is 0 Å². The summed E-state index contributed by atoms with van der Waals surface area (Å²) >= 11 is 0. The van der Waals surface area contributed by atoms with Crippen molar-refractivity contribution in [1.29, 1.82) is 0 Å². The molecule has 1 heterocycles. The van der Waals surface area contributed by atoms with Gasteiger partial charge < -0.3 is 9.64 Å². The molecule has 1 amide bonds. The molecule has 1 aliphatic heterocycles. The van der Waals surface area contributed by atoms with Crippen LogP contribution < -0.4 is 10.2 Å². The highest BCUT2D eigenvalue weighted by Gasteiger charge is 2.34. The summed E-state index contributed by atoms with van der Waals surface area (Å²) in [6, 6.07) is 16.4. The number of nitrogens with zero attached hydrogens (tertiary/aromatic N) is 1. The fourth-order valence-corrected chi connectivity index (χ4v) is 3.97. The van der Waals surface area contributed by atoms with Gasteiger partial charge in [-0.1, -0.05) is 48.5 Å². The Balaban J connectivity index is 0.00000272. The van der Waals surface area contributed by atoms with Gasteiger partial charge in [0.1, 0.15) is 11.8 Å². The lowest BCUT2D eigenvalue weighted by Gasteiger charge is -2.27. The number of rotatable bonds is 9. The standard InChI is InChI=1S/C25H30N2O4.2H2S/c1-3-31-25(30)22(15-13-19-9-5-4-6-10-19)26-21-16-14-20-11-7-8-12-23(20)27(24(21)29)17-18(2)28;;/h4-12,21-22,26H,3,13-17H2,1-2H3;2*1H2/t21-,22-;;/m0../s1. The molecule has 3 rings (SSSR count). The van der Waals surface area contributed by atoms with E-state index in [0.717, 1.165) is 16.8 Å². The number of Topliss-reactive ketones (excluding diaryl/α,β-unsaturated/α-hetero) is 1. The lowest BCUT2D eigenvalue weighted by atomic mass is 10.0. The van der Waals surface area contributed by atoms with Crippen molar-refractivity contribution in [3.63, 3.8) is 0 Å². The second-order valence-corrected chi connectivity index (χ2v) is 7.84. The van der Waals surface area contributed by atoms with Crippen molar-refractivity contribution in [2.45, 2.75) is 51.6 Å². The van der Waals surface area contributed by atoms with E-state index < -0.39 is 12.1 Å². The molecule has 1 aliphatic rings. The van der Waals surface area contributed by atoms with Crippen LogP contribution in [0, 0.1) is 0 Å². The molecule has 180 valence electrons. The van der Waals surface area contributed by atoms with Gasteiger partial charge in [0, 0.05) is 5.69 Å². The maximum atomic E-state index is 13.4. The van der Waals surface area contributed by atoms with Gasteiger partial charge in [-0.2, -0.15) is 27.0 Å². The van der Waals surface area contributed by atoms with E-state index in [0.29, 0.717) is 25.7 Å². The third-order valence-corrected chi connectivity index (χ3v) is 5.47. The van der Waals surface area contributed by atoms with Crippen molar-refractivity contribution in [2.75, 3.05) is 18.1 Å². The first-order chi connectivity index (χ1) is 15.0. The number of carbonyl (C=O) groups is 3. The molecule has 0 radical (unpaired) electrons. The predicted octanol–water partition coefficient (Wildman–Crippen LogP) is 3.30. The van der Waals surface area contributed by atoms with Crippen LogP contribution in [0.4, 0.5) is 5.69 Å². The summed E-state index contributed by atoms with van der Waals surface area (Å²) in [7, 11) is 0. The van der Waals surface area contributed by atoms with Gasteiger partial charge in [0.2, 0.25) is 5.91 Å². The highest BCUT2D eigenvalue weighted by molar-refractivity contribution is 7.59. The van der Waals surface area contributed by atoms with Gasteiger partial charge in [-0.25, -0.2) is 0 Å². The minimum absolute atomic E-state index is 0. The number of aryl methyl sites for hydroxylation is 2. The van der Waals surface area contributed by atoms with Crippen molar-refractivity contribution >= 4 is 50.3 Å². The van der Waals surface area contributed by atoms with Crippen LogP contribution in [0.15, 0.2) is 54.6 Å². The van der Waals surface area contributed by atoms with Gasteiger partial charge in [0.25, 0.3) is 0 Å². The summed E-state index contributed by atoms with van der Waals surface area (Å²) < 4.78 is 5.27. The number of hydrogen-bond acceptors (Lipinski definition) is 5. The lowest BCUT2D eigenvalue weighted by molar-refractivity contribution is -0.146. The third-order valence-electron chi connectivity index (χ3n) is 5.47. The van der Waals surface area contributed by atoms with Crippen LogP contribution in [0.25, 0.3) is 0 Å². The van der Waals surface area contributed by atoms with Crippen molar-refractivity contribution in [3.05, 3.63) is 65.7 Å². The zero-order chi connectivity index (χ0) is 22.2. The van der Waals surface area contributed by atoms with Gasteiger partial charge in [-0.05, 0) is 56.7 Å². The summed E-state index contributed by atoms with van der Waals surface area (Å²) in [6.45, 7) is 3.55. The molecule has 2 atom stereocenters. The number of ketones is 1. The Morgan fingerprint density at radius 3 is 2.42 bits per heavy atom. The van der Waals surface area contributed by atoms with Gasteiger partial charge in [0.15, 0.2) is 0 Å². The van der Waals surface area contributed by atoms with Crippen LogP contribution in [0.2, 0.25) is 0 Å². The Morgan fingerprint density at radius 2 is 1.76 bits per heavy atom. The zero-order valence-corrected chi connectivity index (χ0v) is 21.2. The molecule has 0 spiro atoms. The second kappa shape index (κ2) is 14.1. The minimum atomic E-state index is -0.602. The molecule has 0 fully saturated rings. The van der Waals surface area contributed by atoms with Crippen LogP contribution in [-0.2, 0) is 32.0 Å². The number of hydrogen-bond donors (Lipinski definition) is 1. The second-order valence-electron chi connectivity index (χ2n) is 7.84. The number of benzene rings is 2. The average molecular weight is 491 g/mol. The fraction of sp³-hybridized carbons (Fsp3) is 0.400. The Kier molecular flexibility index (Phi) is 12.3. The van der Waals surface area contributed by atoms with E-state index in [1.807, 2.05) is 54.6 Å². The van der Waals surface area contributed by atoms with Crippen LogP contribution in [0.1, 0.15) is 37.8 Å². The number of fused-ring (bicyclic) bond motifs is 1. The van der Waals surface area contributed by atoms with Crippen LogP contribution in [0.5, 0.6) is 0 Å². The van der Waals surface area contributed by atoms with Crippen molar-refractivity contribution < 1.29 is 19.1 Å². The summed E-state index contributed by atoms with van der Waals surface area (Å²) in [4.78, 5) is 39.5. The molecule has 0 bridgehead atoms. The van der Waals surface area contributed by atoms with E-state index in [4.69, 9.17) is 4.74 Å². The highest BCUT2D eigenvalue weighted by atomic mass is 32.1. The maximum Gasteiger partial charge on any atom is 0.323 e. The number of carbonyl (C=O) groups excluding carboxylic acids is 3. The van der Waals surface area contributed by atoms with E-state index in [1.54, 1.807) is 11.8 Å². The Labute approximate surface area is 210 Å². The molecule has 2 aromatic rings. The summed E-state index contributed by atoms with van der Waals surface area (Å²) in [6.07, 6.45) is 2.44. The number of amides is 1. The first-order valence-electron chi connectivity index (χ1n) is 10.8. The molecule has 1 N–H and O–H groups in total. The molecule has 8 heteroatoms. The average Bonchev–Trinajstić information content (AvgIpc) is 2.89. The molecular formula is C25H34N2O4S2. The Hall–Kier alpha value is -2.29. The first-order valence-corrected chi connectivity index (χ1v) is 10.8. The number of esters is 1. The minimum Gasteiger partial charge on any atom is -0.465 e. The Morgan fingerprint density at radius 1 is 1.09 bits per heavy atom. The van der Waals surface area contributed by atoms with Gasteiger partial charge in [-0.3, -0.25) is 19.7 Å². The van der Waals surface area contributed by atoms with Crippen LogP contribution >= 0.6 is 27.0 Å². The molecule has 0 aromatic heterocycles. The fourth-order valence-electron chi connectivity index (χ4n) is 3.97. The predicted molar refractivity (Wildman–Crippen MR) is 141 cm³/mol. The molecule has 2 aromatic carbocycles. The number of nitrogens with one attached hydrogen (secondary N) is 1. The van der Waals surface area contributed by atoms with Gasteiger partial charge >= 0.3 is 5.97 Å². The van der Waals surface area contributed by atoms with Crippen molar-refractivity contribution in [1.82, 2.24) is 5.32 Å². The van der Waals surface area contributed by atoms with E-state index in [2.05, 4.69) is 5.32 Å². The number of ether oxygens (including phenoxy) is 1. The molecule has 0 saturated heterocycles. The summed E-state index contributed by atoms with van der Waals surface area (Å²) in [5.74, 6) is -0.630. The number of anilines is 1. The number of para-hydroxylation sites is 1. The molecule has 33 heavy (non-hydrogen) atoms. The maximum absolute atomic E-state index is 13.4. The normalized spacial score (nSPS) is 15.9. The van der Waals surface area contributed by atoms with E-state index in [1.165, 1.54) is 6.92 Å². The topological polar surface area (TPSA) is 75.7 Å². The molecule has 6 nitrogen and oxygen atoms in total. The monoisotopic (exact) mass is 490 g/mol. The molecular weight excluding hydrogens is 456 g/mol. The smallest absolute Gasteiger partial charge is 0.323 e. The van der Waals surface area contributed by atoms with E-state index >= 15 is 0 Å². The zero-order valence-electron chi connectivity index (χ0n) is 19.2. The summed E-state index contributed by atoms with van der Waals surface area (Å²) in [5.41, 5.74) is 2.92. The van der Waals surface area contributed by atoms with Gasteiger partial charge in [-0.15, -0.1) is 0 Å². The van der Waals surface area contributed by atoms with Crippen molar-refractivity contribution in [2.24, 2.45) is 0 Å². The van der Waals surface area contributed by atoms with Crippen LogP contribution in [0.3, 0.4) is 0 Å².